The van der Waals surface area contributed by atoms with Gasteiger partial charge in [-0.15, -0.1) is 5.10 Å². The predicted molar refractivity (Wildman–Crippen MR) is 70.0 cm³/mol. The summed E-state index contributed by atoms with van der Waals surface area (Å²) in [4.78, 5) is 0. The van der Waals surface area contributed by atoms with Crippen molar-refractivity contribution in [2.45, 2.75) is 58.2 Å². The molecular formula is C13H24N4O. The first-order valence-electron chi connectivity index (χ1n) is 7.03. The molecule has 0 aliphatic heterocycles. The molecule has 2 N–H and O–H groups in total. The van der Waals surface area contributed by atoms with Crippen LogP contribution >= 0.6 is 0 Å². The molecule has 102 valence electrons. The van der Waals surface area contributed by atoms with E-state index in [9.17, 15) is 0 Å². The Morgan fingerprint density at radius 1 is 1.44 bits per heavy atom. The van der Waals surface area contributed by atoms with Gasteiger partial charge < -0.3 is 10.4 Å². The minimum atomic E-state index is 0.106. The Labute approximate surface area is 109 Å². The van der Waals surface area contributed by atoms with Crippen molar-refractivity contribution >= 4 is 0 Å². The zero-order valence-corrected chi connectivity index (χ0v) is 11.2. The smallest absolute Gasteiger partial charge is 0.0964 e. The molecule has 0 saturated heterocycles. The zero-order valence-electron chi connectivity index (χ0n) is 11.2. The molecule has 5 heteroatoms. The number of aromatic nitrogens is 3. The van der Waals surface area contributed by atoms with Crippen LogP contribution in [0.3, 0.4) is 0 Å². The second-order valence-electron chi connectivity index (χ2n) is 5.26. The van der Waals surface area contributed by atoms with Gasteiger partial charge in [0, 0.05) is 18.8 Å². The van der Waals surface area contributed by atoms with Gasteiger partial charge >= 0.3 is 0 Å². The Morgan fingerprint density at radius 2 is 2.22 bits per heavy atom. The van der Waals surface area contributed by atoms with Crippen molar-refractivity contribution in [1.29, 1.82) is 0 Å². The van der Waals surface area contributed by atoms with Crippen molar-refractivity contribution in [2.75, 3.05) is 6.61 Å². The van der Waals surface area contributed by atoms with Gasteiger partial charge in [-0.3, -0.25) is 0 Å². The number of aliphatic hydroxyl groups excluding tert-OH is 1. The summed E-state index contributed by atoms with van der Waals surface area (Å²) in [6.07, 6.45) is 8.76. The molecule has 0 spiro atoms. The predicted octanol–water partition coefficient (Wildman–Crippen LogP) is 1.33. The summed E-state index contributed by atoms with van der Waals surface area (Å²) in [5.74, 6) is 0.811. The van der Waals surface area contributed by atoms with E-state index < -0.39 is 0 Å². The Bertz CT molecular complexity index is 347. The number of hydrogen-bond donors (Lipinski definition) is 2. The molecular weight excluding hydrogens is 228 g/mol. The zero-order chi connectivity index (χ0) is 12.8. The van der Waals surface area contributed by atoms with Crippen LogP contribution in [0, 0.1) is 5.92 Å². The van der Waals surface area contributed by atoms with Crippen molar-refractivity contribution in [2.24, 2.45) is 5.92 Å². The molecule has 1 heterocycles. The molecule has 0 bridgehead atoms. The van der Waals surface area contributed by atoms with Crippen LogP contribution in [0.2, 0.25) is 0 Å². The highest BCUT2D eigenvalue weighted by atomic mass is 16.3. The van der Waals surface area contributed by atoms with Gasteiger partial charge in [-0.2, -0.15) is 0 Å². The molecule has 1 atom stereocenters. The maximum absolute atomic E-state index is 8.81. The average molecular weight is 252 g/mol. The van der Waals surface area contributed by atoms with Gasteiger partial charge in [-0.1, -0.05) is 24.5 Å². The first-order chi connectivity index (χ1) is 8.79. The van der Waals surface area contributed by atoms with Crippen LogP contribution in [0.4, 0.5) is 0 Å². The van der Waals surface area contributed by atoms with E-state index in [1.54, 1.807) is 4.68 Å². The second-order valence-corrected chi connectivity index (χ2v) is 5.26. The van der Waals surface area contributed by atoms with Crippen LogP contribution in [0.1, 0.15) is 44.7 Å². The SMILES string of the molecule is C[C@@H](NCc1cn(CCO)nn1)C1CCCCC1. The van der Waals surface area contributed by atoms with E-state index >= 15 is 0 Å². The Balaban J connectivity index is 1.75. The van der Waals surface area contributed by atoms with Crippen LogP contribution in [0.15, 0.2) is 6.20 Å². The molecule has 1 aromatic heterocycles. The first-order valence-corrected chi connectivity index (χ1v) is 7.03. The molecule has 0 radical (unpaired) electrons. The van der Waals surface area contributed by atoms with Gasteiger partial charge in [0.25, 0.3) is 0 Å². The van der Waals surface area contributed by atoms with Crippen LogP contribution in [0.25, 0.3) is 0 Å². The van der Waals surface area contributed by atoms with Crippen LogP contribution in [0.5, 0.6) is 0 Å². The molecule has 1 aliphatic rings. The summed E-state index contributed by atoms with van der Waals surface area (Å²) in [7, 11) is 0. The van der Waals surface area contributed by atoms with Crippen molar-refractivity contribution in [3.8, 4) is 0 Å². The summed E-state index contributed by atoms with van der Waals surface area (Å²) in [5, 5.41) is 20.4. The molecule has 0 unspecified atom stereocenters. The highest BCUT2D eigenvalue weighted by Gasteiger charge is 2.19. The van der Waals surface area contributed by atoms with E-state index in [4.69, 9.17) is 5.11 Å². The largest absolute Gasteiger partial charge is 0.394 e. The van der Waals surface area contributed by atoms with Crippen LogP contribution in [-0.4, -0.2) is 32.7 Å². The standard InChI is InChI=1S/C13H24N4O/c1-11(12-5-3-2-4-6-12)14-9-13-10-17(7-8-18)16-15-13/h10-12,14,18H,2-9H2,1H3/t11-/m1/s1. The Hall–Kier alpha value is -0.940. The van der Waals surface area contributed by atoms with E-state index in [0.717, 1.165) is 18.2 Å². The van der Waals surface area contributed by atoms with E-state index in [0.29, 0.717) is 12.6 Å². The van der Waals surface area contributed by atoms with Crippen LogP contribution in [-0.2, 0) is 13.1 Å². The van der Waals surface area contributed by atoms with Crippen LogP contribution < -0.4 is 5.32 Å². The van der Waals surface area contributed by atoms with Crippen molar-refractivity contribution < 1.29 is 5.11 Å². The molecule has 18 heavy (non-hydrogen) atoms. The highest BCUT2D eigenvalue weighted by Crippen LogP contribution is 2.26. The minimum absolute atomic E-state index is 0.106. The third-order valence-electron chi connectivity index (χ3n) is 3.88. The third kappa shape index (κ3) is 3.78. The Kier molecular flexibility index (Phi) is 5.13. The lowest BCUT2D eigenvalue weighted by atomic mass is 9.84. The lowest BCUT2D eigenvalue weighted by Gasteiger charge is -2.28. The maximum atomic E-state index is 8.81. The summed E-state index contributed by atoms with van der Waals surface area (Å²) in [5.41, 5.74) is 0.950. The lowest BCUT2D eigenvalue weighted by molar-refractivity contribution is 0.268. The minimum Gasteiger partial charge on any atom is -0.394 e. The Morgan fingerprint density at radius 3 is 2.94 bits per heavy atom. The molecule has 1 aromatic rings. The number of rotatable bonds is 6. The average Bonchev–Trinajstić information content (AvgIpc) is 2.85. The number of nitrogens with one attached hydrogen (secondary N) is 1. The van der Waals surface area contributed by atoms with Gasteiger partial charge in [-0.05, 0) is 25.7 Å². The third-order valence-corrected chi connectivity index (χ3v) is 3.88. The fourth-order valence-corrected chi connectivity index (χ4v) is 2.70. The first kappa shape index (κ1) is 13.5. The van der Waals surface area contributed by atoms with Gasteiger partial charge in [-0.25, -0.2) is 4.68 Å². The van der Waals surface area contributed by atoms with E-state index in [1.165, 1.54) is 32.1 Å². The molecule has 1 fully saturated rings. The topological polar surface area (TPSA) is 63.0 Å². The molecule has 1 saturated carbocycles. The summed E-state index contributed by atoms with van der Waals surface area (Å²) in [6, 6.07) is 0.549. The van der Waals surface area contributed by atoms with Crippen molar-refractivity contribution in [1.82, 2.24) is 20.3 Å². The summed E-state index contributed by atoms with van der Waals surface area (Å²) < 4.78 is 1.68. The van der Waals surface area contributed by atoms with E-state index in [1.807, 2.05) is 6.20 Å². The van der Waals surface area contributed by atoms with E-state index in [2.05, 4.69) is 22.6 Å². The fourth-order valence-electron chi connectivity index (χ4n) is 2.70. The van der Waals surface area contributed by atoms with E-state index in [-0.39, 0.29) is 6.61 Å². The monoisotopic (exact) mass is 252 g/mol. The second kappa shape index (κ2) is 6.85. The van der Waals surface area contributed by atoms with Gasteiger partial charge in [0.2, 0.25) is 0 Å². The molecule has 0 aromatic carbocycles. The van der Waals surface area contributed by atoms with Gasteiger partial charge in [0.05, 0.1) is 18.8 Å². The van der Waals surface area contributed by atoms with Crippen molar-refractivity contribution in [3.05, 3.63) is 11.9 Å². The van der Waals surface area contributed by atoms with Gasteiger partial charge in [0.1, 0.15) is 0 Å². The maximum Gasteiger partial charge on any atom is 0.0964 e. The normalized spacial score (nSPS) is 19.0. The molecule has 5 nitrogen and oxygen atoms in total. The van der Waals surface area contributed by atoms with Crippen molar-refractivity contribution in [3.63, 3.8) is 0 Å². The number of nitrogens with zero attached hydrogens (tertiary/aromatic N) is 3. The summed E-state index contributed by atoms with van der Waals surface area (Å²) in [6.45, 7) is 3.66. The highest BCUT2D eigenvalue weighted by molar-refractivity contribution is 4.92. The van der Waals surface area contributed by atoms with Gasteiger partial charge in [0.15, 0.2) is 0 Å². The molecule has 2 rings (SSSR count). The molecule has 0 amide bonds. The lowest BCUT2D eigenvalue weighted by Crippen LogP contribution is -2.34. The fraction of sp³-hybridized carbons (Fsp3) is 0.846. The summed E-state index contributed by atoms with van der Waals surface area (Å²) >= 11 is 0. The molecule has 1 aliphatic carbocycles. The number of hydrogen-bond acceptors (Lipinski definition) is 4. The quantitative estimate of drug-likeness (QED) is 0.801. The number of aliphatic hydroxyl groups is 1.